The number of hydrogen-bond acceptors (Lipinski definition) is 4. The summed E-state index contributed by atoms with van der Waals surface area (Å²) in [6.07, 6.45) is 5.41. The SMILES string of the molecule is CC1CCCN(c2ncnc3c2CNCC3)C1. The third-order valence-electron chi connectivity index (χ3n) is 3.81. The number of hydrogen-bond donors (Lipinski definition) is 1. The molecule has 0 saturated carbocycles. The summed E-state index contributed by atoms with van der Waals surface area (Å²) < 4.78 is 0. The molecule has 1 unspecified atom stereocenters. The van der Waals surface area contributed by atoms with E-state index in [0.717, 1.165) is 38.5 Å². The van der Waals surface area contributed by atoms with E-state index in [4.69, 9.17) is 0 Å². The molecule has 1 fully saturated rings. The summed E-state index contributed by atoms with van der Waals surface area (Å²) >= 11 is 0. The van der Waals surface area contributed by atoms with Crippen LogP contribution in [-0.2, 0) is 13.0 Å². The Morgan fingerprint density at radius 1 is 1.41 bits per heavy atom. The van der Waals surface area contributed by atoms with Crippen molar-refractivity contribution in [2.45, 2.75) is 32.7 Å². The third-order valence-corrected chi connectivity index (χ3v) is 3.81. The van der Waals surface area contributed by atoms with Gasteiger partial charge in [0.2, 0.25) is 0 Å². The fourth-order valence-electron chi connectivity index (χ4n) is 2.91. The van der Waals surface area contributed by atoms with Crippen LogP contribution in [-0.4, -0.2) is 29.6 Å². The Labute approximate surface area is 102 Å². The maximum atomic E-state index is 4.52. The molecule has 17 heavy (non-hydrogen) atoms. The minimum atomic E-state index is 0.783. The first kappa shape index (κ1) is 11.0. The number of nitrogens with one attached hydrogen (secondary N) is 1. The van der Waals surface area contributed by atoms with E-state index in [9.17, 15) is 0 Å². The van der Waals surface area contributed by atoms with Crippen LogP contribution in [0.5, 0.6) is 0 Å². The summed E-state index contributed by atoms with van der Waals surface area (Å²) in [6.45, 7) is 6.59. The minimum absolute atomic E-state index is 0.783. The fraction of sp³-hybridized carbons (Fsp3) is 0.692. The largest absolute Gasteiger partial charge is 0.356 e. The second-order valence-corrected chi connectivity index (χ2v) is 5.24. The normalized spacial score (nSPS) is 24.5. The Kier molecular flexibility index (Phi) is 2.97. The van der Waals surface area contributed by atoms with Crippen molar-refractivity contribution in [1.82, 2.24) is 15.3 Å². The Bertz CT molecular complexity index is 404. The van der Waals surface area contributed by atoms with Crippen LogP contribution in [0.1, 0.15) is 31.0 Å². The average molecular weight is 232 g/mol. The van der Waals surface area contributed by atoms with Crippen molar-refractivity contribution in [3.63, 3.8) is 0 Å². The molecule has 2 aliphatic heterocycles. The first-order chi connectivity index (χ1) is 8.34. The monoisotopic (exact) mass is 232 g/mol. The predicted molar refractivity (Wildman–Crippen MR) is 68.1 cm³/mol. The number of aromatic nitrogens is 2. The van der Waals surface area contributed by atoms with Gasteiger partial charge in [-0.15, -0.1) is 0 Å². The standard InChI is InChI=1S/C13H20N4/c1-10-3-2-6-17(8-10)13-11-7-14-5-4-12(11)15-9-16-13/h9-10,14H,2-8H2,1H3. The molecular formula is C13H20N4. The van der Waals surface area contributed by atoms with Gasteiger partial charge in [0.1, 0.15) is 12.1 Å². The van der Waals surface area contributed by atoms with Gasteiger partial charge in [0.15, 0.2) is 0 Å². The van der Waals surface area contributed by atoms with Gasteiger partial charge in [-0.25, -0.2) is 9.97 Å². The number of nitrogens with zero attached hydrogens (tertiary/aromatic N) is 3. The maximum absolute atomic E-state index is 4.52. The van der Waals surface area contributed by atoms with E-state index in [1.807, 2.05) is 0 Å². The number of rotatable bonds is 1. The van der Waals surface area contributed by atoms with Crippen LogP contribution in [0.3, 0.4) is 0 Å². The molecule has 0 aromatic carbocycles. The summed E-state index contributed by atoms with van der Waals surface area (Å²) in [5, 5.41) is 3.42. The van der Waals surface area contributed by atoms with Crippen molar-refractivity contribution >= 4 is 5.82 Å². The molecule has 1 aromatic heterocycles. The molecule has 4 nitrogen and oxygen atoms in total. The molecule has 2 aliphatic rings. The average Bonchev–Trinajstić information content (AvgIpc) is 2.38. The van der Waals surface area contributed by atoms with Crippen molar-refractivity contribution in [2.24, 2.45) is 5.92 Å². The first-order valence-corrected chi connectivity index (χ1v) is 6.63. The van der Waals surface area contributed by atoms with Crippen molar-refractivity contribution in [2.75, 3.05) is 24.5 Å². The molecule has 3 heterocycles. The van der Waals surface area contributed by atoms with Crippen LogP contribution in [0.25, 0.3) is 0 Å². The lowest BCUT2D eigenvalue weighted by Crippen LogP contribution is -2.37. The van der Waals surface area contributed by atoms with E-state index in [0.29, 0.717) is 0 Å². The van der Waals surface area contributed by atoms with Gasteiger partial charge in [0.25, 0.3) is 0 Å². The lowest BCUT2D eigenvalue weighted by molar-refractivity contribution is 0.442. The number of fused-ring (bicyclic) bond motifs is 1. The zero-order valence-electron chi connectivity index (χ0n) is 10.4. The van der Waals surface area contributed by atoms with Crippen LogP contribution in [0.15, 0.2) is 6.33 Å². The van der Waals surface area contributed by atoms with Gasteiger partial charge in [-0.2, -0.15) is 0 Å². The van der Waals surface area contributed by atoms with Crippen molar-refractivity contribution in [1.29, 1.82) is 0 Å². The van der Waals surface area contributed by atoms with Gasteiger partial charge >= 0.3 is 0 Å². The van der Waals surface area contributed by atoms with Crippen molar-refractivity contribution < 1.29 is 0 Å². The number of anilines is 1. The summed E-state index contributed by atoms with van der Waals surface area (Å²) in [5.41, 5.74) is 2.57. The minimum Gasteiger partial charge on any atom is -0.356 e. The molecule has 0 spiro atoms. The summed E-state index contributed by atoms with van der Waals surface area (Å²) in [5.74, 6) is 1.96. The molecule has 1 atom stereocenters. The van der Waals surface area contributed by atoms with Crippen molar-refractivity contribution in [3.8, 4) is 0 Å². The van der Waals surface area contributed by atoms with Gasteiger partial charge in [0.05, 0.1) is 5.69 Å². The van der Waals surface area contributed by atoms with E-state index >= 15 is 0 Å². The van der Waals surface area contributed by atoms with Crippen LogP contribution in [0.4, 0.5) is 5.82 Å². The highest BCUT2D eigenvalue weighted by atomic mass is 15.2. The summed E-state index contributed by atoms with van der Waals surface area (Å²) in [4.78, 5) is 11.4. The summed E-state index contributed by atoms with van der Waals surface area (Å²) in [7, 11) is 0. The summed E-state index contributed by atoms with van der Waals surface area (Å²) in [6, 6.07) is 0. The van der Waals surface area contributed by atoms with Gasteiger partial charge in [-0.1, -0.05) is 6.92 Å². The van der Waals surface area contributed by atoms with E-state index < -0.39 is 0 Å². The molecule has 0 amide bonds. The molecule has 3 rings (SSSR count). The molecular weight excluding hydrogens is 212 g/mol. The van der Waals surface area contributed by atoms with Gasteiger partial charge in [0, 0.05) is 38.2 Å². The van der Waals surface area contributed by atoms with Crippen LogP contribution in [0, 0.1) is 5.92 Å². The lowest BCUT2D eigenvalue weighted by atomic mass is 9.99. The number of piperidine rings is 1. The molecule has 1 N–H and O–H groups in total. The first-order valence-electron chi connectivity index (χ1n) is 6.63. The zero-order valence-corrected chi connectivity index (χ0v) is 10.4. The lowest BCUT2D eigenvalue weighted by Gasteiger charge is -2.34. The van der Waals surface area contributed by atoms with E-state index in [2.05, 4.69) is 27.1 Å². The third kappa shape index (κ3) is 2.14. The predicted octanol–water partition coefficient (Wildman–Crippen LogP) is 1.36. The highest BCUT2D eigenvalue weighted by Gasteiger charge is 2.23. The van der Waals surface area contributed by atoms with E-state index in [1.54, 1.807) is 6.33 Å². The smallest absolute Gasteiger partial charge is 0.136 e. The van der Waals surface area contributed by atoms with Crippen molar-refractivity contribution in [3.05, 3.63) is 17.6 Å². The maximum Gasteiger partial charge on any atom is 0.136 e. The molecule has 0 radical (unpaired) electrons. The van der Waals surface area contributed by atoms with Gasteiger partial charge in [-0.3, -0.25) is 0 Å². The molecule has 92 valence electrons. The topological polar surface area (TPSA) is 41.1 Å². The quantitative estimate of drug-likeness (QED) is 0.794. The molecule has 1 saturated heterocycles. The van der Waals surface area contributed by atoms with Crippen LogP contribution >= 0.6 is 0 Å². The second kappa shape index (κ2) is 4.61. The van der Waals surface area contributed by atoms with E-state index in [1.165, 1.54) is 29.9 Å². The molecule has 1 aromatic rings. The second-order valence-electron chi connectivity index (χ2n) is 5.24. The van der Waals surface area contributed by atoms with Gasteiger partial charge in [-0.05, 0) is 18.8 Å². The molecule has 4 heteroatoms. The van der Waals surface area contributed by atoms with Gasteiger partial charge < -0.3 is 10.2 Å². The zero-order chi connectivity index (χ0) is 11.7. The van der Waals surface area contributed by atoms with Crippen LogP contribution in [0.2, 0.25) is 0 Å². The molecule has 0 aliphatic carbocycles. The Morgan fingerprint density at radius 2 is 2.35 bits per heavy atom. The fourth-order valence-corrected chi connectivity index (χ4v) is 2.91. The van der Waals surface area contributed by atoms with Crippen LogP contribution < -0.4 is 10.2 Å². The Balaban J connectivity index is 1.91. The Morgan fingerprint density at radius 3 is 3.24 bits per heavy atom. The molecule has 0 bridgehead atoms. The Hall–Kier alpha value is -1.16. The highest BCUT2D eigenvalue weighted by molar-refractivity contribution is 5.49. The van der Waals surface area contributed by atoms with E-state index in [-0.39, 0.29) is 0 Å². The highest BCUT2D eigenvalue weighted by Crippen LogP contribution is 2.26.